The van der Waals surface area contributed by atoms with Crippen molar-refractivity contribution in [2.45, 2.75) is 18.8 Å². The average Bonchev–Trinajstić information content (AvgIpc) is 3.25. The highest BCUT2D eigenvalue weighted by molar-refractivity contribution is 7.14. The van der Waals surface area contributed by atoms with Crippen LogP contribution in [0.15, 0.2) is 48.5 Å². The van der Waals surface area contributed by atoms with Crippen molar-refractivity contribution in [3.05, 3.63) is 58.6 Å². The van der Waals surface area contributed by atoms with Crippen LogP contribution in [0.25, 0.3) is 10.6 Å². The number of likely N-dealkylation sites (tertiary alicyclic amines) is 1. The lowest BCUT2D eigenvalue weighted by molar-refractivity contribution is 0.194. The van der Waals surface area contributed by atoms with Gasteiger partial charge in [-0.1, -0.05) is 35.1 Å². The topological polar surface area (TPSA) is 67.4 Å². The molecule has 2 amide bonds. The third-order valence-electron chi connectivity index (χ3n) is 5.00. The molecule has 0 bridgehead atoms. The predicted molar refractivity (Wildman–Crippen MR) is 116 cm³/mol. The van der Waals surface area contributed by atoms with E-state index in [4.69, 9.17) is 16.3 Å². The fraction of sp³-hybridized carbons (Fsp3) is 0.286. The molecule has 0 saturated carbocycles. The van der Waals surface area contributed by atoms with Crippen LogP contribution in [-0.4, -0.2) is 41.3 Å². The highest BCUT2D eigenvalue weighted by atomic mass is 35.5. The molecular formula is C21H21ClN4O2S. The van der Waals surface area contributed by atoms with Crippen LogP contribution < -0.4 is 10.1 Å². The Hall–Kier alpha value is -2.64. The van der Waals surface area contributed by atoms with Gasteiger partial charge in [0.05, 0.1) is 12.7 Å². The van der Waals surface area contributed by atoms with Crippen LogP contribution in [0.3, 0.4) is 0 Å². The summed E-state index contributed by atoms with van der Waals surface area (Å²) in [6.45, 7) is 1.38. The average molecular weight is 429 g/mol. The first-order chi connectivity index (χ1) is 14.1. The van der Waals surface area contributed by atoms with Gasteiger partial charge in [-0.25, -0.2) is 4.79 Å². The highest BCUT2D eigenvalue weighted by Crippen LogP contribution is 2.36. The standard InChI is InChI=1S/C21H21ClN4O2S/c1-28-18-5-3-2-4-17(18)20-25-24-19(29-20)14-10-12-26(13-11-14)21(27)23-16-8-6-15(22)7-9-16/h2-9,14H,10-13H2,1H3,(H,23,27). The molecular weight excluding hydrogens is 408 g/mol. The van der Waals surface area contributed by atoms with Gasteiger partial charge in [0.25, 0.3) is 0 Å². The summed E-state index contributed by atoms with van der Waals surface area (Å²) in [5.41, 5.74) is 1.70. The number of hydrogen-bond acceptors (Lipinski definition) is 5. The van der Waals surface area contributed by atoms with Crippen molar-refractivity contribution in [1.29, 1.82) is 0 Å². The number of halogens is 1. The number of nitrogens with one attached hydrogen (secondary N) is 1. The van der Waals surface area contributed by atoms with Gasteiger partial charge in [0, 0.05) is 29.7 Å². The Kier molecular flexibility index (Phi) is 5.97. The van der Waals surface area contributed by atoms with Crippen molar-refractivity contribution >= 4 is 34.7 Å². The number of nitrogens with zero attached hydrogens (tertiary/aromatic N) is 3. The summed E-state index contributed by atoms with van der Waals surface area (Å²) in [4.78, 5) is 14.3. The van der Waals surface area contributed by atoms with E-state index in [0.29, 0.717) is 24.0 Å². The van der Waals surface area contributed by atoms with Crippen molar-refractivity contribution in [3.63, 3.8) is 0 Å². The second kappa shape index (κ2) is 8.80. The summed E-state index contributed by atoms with van der Waals surface area (Å²) < 4.78 is 5.43. The number of carbonyl (C=O) groups is 1. The molecule has 0 unspecified atom stereocenters. The number of aromatic nitrogens is 2. The number of ether oxygens (including phenoxy) is 1. The van der Waals surface area contributed by atoms with Gasteiger partial charge in [0.15, 0.2) is 5.01 Å². The van der Waals surface area contributed by atoms with E-state index in [-0.39, 0.29) is 6.03 Å². The number of urea groups is 1. The third kappa shape index (κ3) is 4.52. The number of anilines is 1. The SMILES string of the molecule is COc1ccccc1-c1nnc(C2CCN(C(=O)Nc3ccc(Cl)cc3)CC2)s1. The summed E-state index contributed by atoms with van der Waals surface area (Å²) in [6.07, 6.45) is 1.74. The van der Waals surface area contributed by atoms with E-state index in [1.165, 1.54) is 0 Å². The quantitative estimate of drug-likeness (QED) is 0.614. The van der Waals surface area contributed by atoms with Gasteiger partial charge in [-0.2, -0.15) is 0 Å². The Balaban J connectivity index is 1.37. The molecule has 1 N–H and O–H groups in total. The van der Waals surface area contributed by atoms with Crippen LogP contribution in [0.1, 0.15) is 23.8 Å². The molecule has 0 aliphatic carbocycles. The third-order valence-corrected chi connectivity index (χ3v) is 6.38. The molecule has 29 heavy (non-hydrogen) atoms. The normalized spacial score (nSPS) is 14.6. The number of piperidine rings is 1. The smallest absolute Gasteiger partial charge is 0.321 e. The fourth-order valence-corrected chi connectivity index (χ4v) is 4.56. The Morgan fingerprint density at radius 1 is 1.14 bits per heavy atom. The van der Waals surface area contributed by atoms with Gasteiger partial charge in [0.2, 0.25) is 0 Å². The van der Waals surface area contributed by atoms with Crippen LogP contribution in [0, 0.1) is 0 Å². The molecule has 8 heteroatoms. The van der Waals surface area contributed by atoms with Crippen molar-refractivity contribution in [3.8, 4) is 16.3 Å². The van der Waals surface area contributed by atoms with E-state index >= 15 is 0 Å². The number of amides is 2. The lowest BCUT2D eigenvalue weighted by Crippen LogP contribution is -2.40. The van der Waals surface area contributed by atoms with Crippen LogP contribution in [0.4, 0.5) is 10.5 Å². The molecule has 1 saturated heterocycles. The molecule has 6 nitrogen and oxygen atoms in total. The zero-order chi connectivity index (χ0) is 20.2. The van der Waals surface area contributed by atoms with E-state index < -0.39 is 0 Å². The Morgan fingerprint density at radius 3 is 2.59 bits per heavy atom. The summed E-state index contributed by atoms with van der Waals surface area (Å²) in [7, 11) is 1.66. The van der Waals surface area contributed by atoms with Gasteiger partial charge in [0.1, 0.15) is 10.8 Å². The highest BCUT2D eigenvalue weighted by Gasteiger charge is 2.26. The number of benzene rings is 2. The van der Waals surface area contributed by atoms with Crippen LogP contribution >= 0.6 is 22.9 Å². The van der Waals surface area contributed by atoms with Gasteiger partial charge in [-0.3, -0.25) is 0 Å². The lowest BCUT2D eigenvalue weighted by Gasteiger charge is -2.31. The number of rotatable bonds is 4. The first-order valence-electron chi connectivity index (χ1n) is 9.42. The molecule has 1 aliphatic heterocycles. The minimum Gasteiger partial charge on any atom is -0.496 e. The second-order valence-corrected chi connectivity index (χ2v) is 8.29. The van der Waals surface area contributed by atoms with E-state index in [0.717, 1.165) is 39.9 Å². The lowest BCUT2D eigenvalue weighted by atomic mass is 9.98. The van der Waals surface area contributed by atoms with Crippen molar-refractivity contribution in [1.82, 2.24) is 15.1 Å². The minimum absolute atomic E-state index is 0.0854. The zero-order valence-electron chi connectivity index (χ0n) is 16.0. The minimum atomic E-state index is -0.0854. The van der Waals surface area contributed by atoms with Gasteiger partial charge in [-0.05, 0) is 49.2 Å². The summed E-state index contributed by atoms with van der Waals surface area (Å²) in [5, 5.41) is 14.2. The van der Waals surface area contributed by atoms with E-state index in [1.54, 1.807) is 42.7 Å². The molecule has 0 atom stereocenters. The molecule has 150 valence electrons. The van der Waals surface area contributed by atoms with Gasteiger partial charge >= 0.3 is 6.03 Å². The molecule has 1 aliphatic rings. The molecule has 1 fully saturated rings. The van der Waals surface area contributed by atoms with Gasteiger partial charge < -0.3 is 15.0 Å². The summed E-state index contributed by atoms with van der Waals surface area (Å²) in [5.74, 6) is 1.11. The molecule has 3 aromatic rings. The van der Waals surface area contributed by atoms with E-state index in [2.05, 4.69) is 15.5 Å². The molecule has 1 aromatic heterocycles. The fourth-order valence-electron chi connectivity index (χ4n) is 3.40. The maximum Gasteiger partial charge on any atom is 0.321 e. The van der Waals surface area contributed by atoms with Crippen LogP contribution in [0.2, 0.25) is 5.02 Å². The first kappa shape index (κ1) is 19.7. The van der Waals surface area contributed by atoms with Crippen molar-refractivity contribution in [2.75, 3.05) is 25.5 Å². The summed E-state index contributed by atoms with van der Waals surface area (Å²) in [6, 6.07) is 14.9. The maximum absolute atomic E-state index is 12.5. The Morgan fingerprint density at radius 2 is 1.86 bits per heavy atom. The zero-order valence-corrected chi connectivity index (χ0v) is 17.5. The number of para-hydroxylation sites is 1. The van der Waals surface area contributed by atoms with Crippen LogP contribution in [0.5, 0.6) is 5.75 Å². The summed E-state index contributed by atoms with van der Waals surface area (Å²) >= 11 is 7.49. The predicted octanol–water partition coefficient (Wildman–Crippen LogP) is 5.28. The van der Waals surface area contributed by atoms with E-state index in [9.17, 15) is 4.79 Å². The Bertz CT molecular complexity index is 984. The van der Waals surface area contributed by atoms with Crippen molar-refractivity contribution in [2.24, 2.45) is 0 Å². The molecule has 2 aromatic carbocycles. The molecule has 4 rings (SSSR count). The Labute approximate surface area is 178 Å². The number of carbonyl (C=O) groups excluding carboxylic acids is 1. The monoisotopic (exact) mass is 428 g/mol. The molecule has 0 radical (unpaired) electrons. The van der Waals surface area contributed by atoms with E-state index in [1.807, 2.05) is 29.2 Å². The van der Waals surface area contributed by atoms with Crippen molar-refractivity contribution < 1.29 is 9.53 Å². The first-order valence-corrected chi connectivity index (χ1v) is 10.6. The van der Waals surface area contributed by atoms with Gasteiger partial charge in [-0.15, -0.1) is 10.2 Å². The van der Waals surface area contributed by atoms with Crippen LogP contribution in [-0.2, 0) is 0 Å². The number of methoxy groups -OCH3 is 1. The molecule has 0 spiro atoms. The largest absolute Gasteiger partial charge is 0.496 e. The second-order valence-electron chi connectivity index (χ2n) is 6.84. The maximum atomic E-state index is 12.5. The molecule has 2 heterocycles. The number of hydrogen-bond donors (Lipinski definition) is 1.